The number of anilines is 1. The van der Waals surface area contributed by atoms with Crippen molar-refractivity contribution in [3.05, 3.63) is 74.6 Å². The zero-order valence-electron chi connectivity index (χ0n) is 19.0. The number of nitrogens with one attached hydrogen (secondary N) is 1. The molecular weight excluding hydrogens is 502 g/mol. The molecule has 0 saturated carbocycles. The summed E-state index contributed by atoms with van der Waals surface area (Å²) < 4.78 is 11.8. The number of hydrogen-bond acceptors (Lipinski definition) is 5. The van der Waals surface area contributed by atoms with E-state index in [1.807, 2.05) is 62.5 Å². The number of aryl methyl sites for hydroxylation is 2. The molecule has 0 bridgehead atoms. The summed E-state index contributed by atoms with van der Waals surface area (Å²) in [5.74, 6) is -0.126. The molecule has 0 spiro atoms. The third-order valence-electron chi connectivity index (χ3n) is 5.01. The van der Waals surface area contributed by atoms with Crippen LogP contribution in [0.25, 0.3) is 17.2 Å². The van der Waals surface area contributed by atoms with Crippen LogP contribution in [0.5, 0.6) is 5.75 Å². The molecule has 0 fully saturated rings. The van der Waals surface area contributed by atoms with Gasteiger partial charge in [-0.1, -0.05) is 34.1 Å². The molecular formula is C26H26BrNO4S. The van der Waals surface area contributed by atoms with Gasteiger partial charge in [0.1, 0.15) is 16.3 Å². The molecule has 1 N–H and O–H groups in total. The van der Waals surface area contributed by atoms with Crippen LogP contribution in [-0.4, -0.2) is 25.1 Å². The summed E-state index contributed by atoms with van der Waals surface area (Å²) in [6.07, 6.45) is 3.11. The number of benzene rings is 2. The van der Waals surface area contributed by atoms with Crippen LogP contribution in [-0.2, 0) is 9.53 Å². The Balaban J connectivity index is 1.90. The third-order valence-corrected chi connectivity index (χ3v) is 6.40. The quantitative estimate of drug-likeness (QED) is 0.252. The third kappa shape index (κ3) is 6.12. The monoisotopic (exact) mass is 527 g/mol. The number of carbonyl (C=O) groups is 2. The number of ether oxygens (including phenoxy) is 2. The Morgan fingerprint density at radius 3 is 2.55 bits per heavy atom. The summed E-state index contributed by atoms with van der Waals surface area (Å²) in [6.45, 7) is 8.50. The second-order valence-electron chi connectivity index (χ2n) is 7.31. The summed E-state index contributed by atoms with van der Waals surface area (Å²) in [4.78, 5) is 25.5. The minimum absolute atomic E-state index is 0.247. The molecule has 0 radical (unpaired) electrons. The number of hydrogen-bond donors (Lipinski definition) is 1. The summed E-state index contributed by atoms with van der Waals surface area (Å²) >= 11 is 4.74. The lowest BCUT2D eigenvalue weighted by molar-refractivity contribution is -0.111. The van der Waals surface area contributed by atoms with Crippen LogP contribution < -0.4 is 10.1 Å². The lowest BCUT2D eigenvalue weighted by atomic mass is 9.99. The molecule has 0 aliphatic rings. The fraction of sp³-hybridized carbons (Fsp3) is 0.231. The molecule has 2 aromatic carbocycles. The number of halogens is 1. The largest absolute Gasteiger partial charge is 0.493 e. The fourth-order valence-corrected chi connectivity index (χ4v) is 4.57. The molecule has 3 rings (SSSR count). The van der Waals surface area contributed by atoms with Gasteiger partial charge in [-0.05, 0) is 68.7 Å². The van der Waals surface area contributed by atoms with Crippen LogP contribution in [0.15, 0.2) is 52.3 Å². The minimum Gasteiger partial charge on any atom is -0.493 e. The highest BCUT2D eigenvalue weighted by Crippen LogP contribution is 2.37. The number of rotatable bonds is 8. The van der Waals surface area contributed by atoms with Gasteiger partial charge in [-0.25, -0.2) is 4.79 Å². The van der Waals surface area contributed by atoms with E-state index >= 15 is 0 Å². The van der Waals surface area contributed by atoms with E-state index in [1.54, 1.807) is 13.0 Å². The average molecular weight is 528 g/mol. The van der Waals surface area contributed by atoms with Crippen molar-refractivity contribution in [1.82, 2.24) is 0 Å². The van der Waals surface area contributed by atoms with Crippen LogP contribution in [0.1, 0.15) is 40.9 Å². The van der Waals surface area contributed by atoms with E-state index in [2.05, 4.69) is 21.2 Å². The van der Waals surface area contributed by atoms with Gasteiger partial charge in [0, 0.05) is 27.1 Å². The molecule has 1 aromatic heterocycles. The van der Waals surface area contributed by atoms with Crippen molar-refractivity contribution in [2.45, 2.75) is 27.7 Å². The van der Waals surface area contributed by atoms with Gasteiger partial charge in [0.15, 0.2) is 0 Å². The first-order valence-electron chi connectivity index (χ1n) is 10.6. The van der Waals surface area contributed by atoms with Crippen LogP contribution >= 0.6 is 27.3 Å². The van der Waals surface area contributed by atoms with Crippen LogP contribution in [0.3, 0.4) is 0 Å². The Morgan fingerprint density at radius 2 is 1.85 bits per heavy atom. The Bertz CT molecular complexity index is 1200. The van der Waals surface area contributed by atoms with E-state index in [-0.39, 0.29) is 12.5 Å². The average Bonchev–Trinajstić information content (AvgIpc) is 3.19. The van der Waals surface area contributed by atoms with Crippen LogP contribution in [0.4, 0.5) is 5.00 Å². The first kappa shape index (κ1) is 24.7. The fourth-order valence-electron chi connectivity index (χ4n) is 3.23. The molecule has 1 heterocycles. The van der Waals surface area contributed by atoms with Crippen molar-refractivity contribution in [3.8, 4) is 16.9 Å². The number of amides is 1. The molecule has 1 amide bonds. The molecule has 0 unspecified atom stereocenters. The molecule has 0 aliphatic heterocycles. The second kappa shape index (κ2) is 11.3. The smallest absolute Gasteiger partial charge is 0.341 e. The van der Waals surface area contributed by atoms with Gasteiger partial charge in [0.05, 0.1) is 13.2 Å². The molecule has 0 aliphatic carbocycles. The zero-order valence-corrected chi connectivity index (χ0v) is 21.4. The highest BCUT2D eigenvalue weighted by molar-refractivity contribution is 9.10. The zero-order chi connectivity index (χ0) is 24.0. The second-order valence-corrected chi connectivity index (χ2v) is 9.11. The van der Waals surface area contributed by atoms with E-state index in [1.165, 1.54) is 23.0 Å². The predicted octanol–water partition coefficient (Wildman–Crippen LogP) is 7.02. The summed E-state index contributed by atoms with van der Waals surface area (Å²) in [6, 6.07) is 11.6. The van der Waals surface area contributed by atoms with Gasteiger partial charge in [-0.3, -0.25) is 4.79 Å². The van der Waals surface area contributed by atoms with Gasteiger partial charge in [0.2, 0.25) is 5.91 Å². The minimum atomic E-state index is -0.461. The van der Waals surface area contributed by atoms with E-state index in [0.29, 0.717) is 22.9 Å². The van der Waals surface area contributed by atoms with Crippen molar-refractivity contribution < 1.29 is 19.1 Å². The Morgan fingerprint density at radius 1 is 1.06 bits per heavy atom. The molecule has 0 atom stereocenters. The van der Waals surface area contributed by atoms with Crippen LogP contribution in [0.2, 0.25) is 0 Å². The van der Waals surface area contributed by atoms with Crippen molar-refractivity contribution in [3.63, 3.8) is 0 Å². The SMILES string of the molecule is CCOC(=O)c1c(-c2ccc(C)c(C)c2)csc1NC(=O)/C=C/c1cc(Br)ccc1OCC. The van der Waals surface area contributed by atoms with E-state index in [9.17, 15) is 9.59 Å². The standard InChI is InChI=1S/C26H26BrNO4S/c1-5-31-22-11-10-20(27)14-19(22)9-12-23(29)28-25-24(26(30)32-6-2)21(15-33-25)18-8-7-16(3)17(4)13-18/h7-15H,5-6H2,1-4H3,(H,28,29)/b12-9+. The number of esters is 1. The van der Waals surface area contributed by atoms with Crippen LogP contribution in [0, 0.1) is 13.8 Å². The summed E-state index contributed by atoms with van der Waals surface area (Å²) in [5, 5.41) is 5.17. The molecule has 172 valence electrons. The Labute approximate surface area is 206 Å². The van der Waals surface area contributed by atoms with Crippen molar-refractivity contribution in [2.24, 2.45) is 0 Å². The summed E-state index contributed by atoms with van der Waals surface area (Å²) in [7, 11) is 0. The molecule has 5 nitrogen and oxygen atoms in total. The molecule has 33 heavy (non-hydrogen) atoms. The van der Waals surface area contributed by atoms with Gasteiger partial charge in [-0.15, -0.1) is 11.3 Å². The maximum Gasteiger partial charge on any atom is 0.341 e. The van der Waals surface area contributed by atoms with E-state index in [4.69, 9.17) is 9.47 Å². The highest BCUT2D eigenvalue weighted by Gasteiger charge is 2.22. The Kier molecular flexibility index (Phi) is 8.47. The maximum absolute atomic E-state index is 12.8. The normalized spacial score (nSPS) is 10.9. The highest BCUT2D eigenvalue weighted by atomic mass is 79.9. The molecule has 7 heteroatoms. The maximum atomic E-state index is 12.8. The molecule has 3 aromatic rings. The van der Waals surface area contributed by atoms with Gasteiger partial charge in [-0.2, -0.15) is 0 Å². The Hall–Kier alpha value is -2.90. The van der Waals surface area contributed by atoms with Crippen molar-refractivity contribution in [2.75, 3.05) is 18.5 Å². The topological polar surface area (TPSA) is 64.6 Å². The van der Waals surface area contributed by atoms with Crippen molar-refractivity contribution >= 4 is 50.2 Å². The number of thiophene rings is 1. The van der Waals surface area contributed by atoms with Gasteiger partial charge >= 0.3 is 5.97 Å². The molecule has 0 saturated heterocycles. The van der Waals surface area contributed by atoms with Crippen molar-refractivity contribution in [1.29, 1.82) is 0 Å². The van der Waals surface area contributed by atoms with E-state index < -0.39 is 5.97 Å². The number of carbonyl (C=O) groups excluding carboxylic acids is 2. The first-order valence-corrected chi connectivity index (χ1v) is 12.3. The van der Waals surface area contributed by atoms with Gasteiger partial charge < -0.3 is 14.8 Å². The van der Waals surface area contributed by atoms with Gasteiger partial charge in [0.25, 0.3) is 0 Å². The van der Waals surface area contributed by atoms with E-state index in [0.717, 1.165) is 26.7 Å². The lowest BCUT2D eigenvalue weighted by Crippen LogP contribution is -2.12. The predicted molar refractivity (Wildman–Crippen MR) is 138 cm³/mol. The first-order chi connectivity index (χ1) is 15.8. The summed E-state index contributed by atoms with van der Waals surface area (Å²) in [5.41, 5.74) is 5.08. The lowest BCUT2D eigenvalue weighted by Gasteiger charge is -2.09.